The predicted molar refractivity (Wildman–Crippen MR) is 112 cm³/mol. The maximum atomic E-state index is 12.4. The first-order valence-corrected chi connectivity index (χ1v) is 9.07. The molecule has 0 aliphatic rings. The van der Waals surface area contributed by atoms with Crippen LogP contribution in [-0.2, 0) is 0 Å². The molecule has 0 fully saturated rings. The highest BCUT2D eigenvalue weighted by Gasteiger charge is 2.14. The van der Waals surface area contributed by atoms with Gasteiger partial charge in [0.2, 0.25) is 0 Å². The van der Waals surface area contributed by atoms with Crippen molar-refractivity contribution in [3.63, 3.8) is 0 Å². The number of carbonyl (C=O) groups excluding carboxylic acids is 2. The first-order valence-electron chi connectivity index (χ1n) is 8.31. The van der Waals surface area contributed by atoms with Gasteiger partial charge in [0.15, 0.2) is 0 Å². The van der Waals surface area contributed by atoms with Gasteiger partial charge in [0.1, 0.15) is 5.75 Å². The Hall–Kier alpha value is -3.02. The number of nitrogens with one attached hydrogen (secondary N) is 2. The number of carbonyl (C=O) groups is 2. The quantitative estimate of drug-likeness (QED) is 0.492. The summed E-state index contributed by atoms with van der Waals surface area (Å²) in [5.41, 5.74) is 2.17. The van der Waals surface area contributed by atoms with E-state index in [0.717, 1.165) is 5.56 Å². The summed E-state index contributed by atoms with van der Waals surface area (Å²) in [5.74, 6) is -0.960. The molecular weight excluding hydrogens is 399 g/mol. The first kappa shape index (κ1) is 19.7. The van der Waals surface area contributed by atoms with Crippen LogP contribution in [0, 0.1) is 6.92 Å². The van der Waals surface area contributed by atoms with E-state index in [9.17, 15) is 14.7 Å². The fourth-order valence-electron chi connectivity index (χ4n) is 2.60. The van der Waals surface area contributed by atoms with Crippen molar-refractivity contribution in [2.75, 3.05) is 10.6 Å². The summed E-state index contributed by atoms with van der Waals surface area (Å²) >= 11 is 11.9. The van der Waals surface area contributed by atoms with Crippen molar-refractivity contribution in [3.8, 4) is 5.75 Å². The van der Waals surface area contributed by atoms with Crippen LogP contribution < -0.4 is 10.6 Å². The van der Waals surface area contributed by atoms with E-state index >= 15 is 0 Å². The van der Waals surface area contributed by atoms with Gasteiger partial charge in [-0.1, -0.05) is 41.4 Å². The lowest BCUT2D eigenvalue weighted by Gasteiger charge is -2.11. The van der Waals surface area contributed by atoms with E-state index in [4.69, 9.17) is 23.2 Å². The van der Waals surface area contributed by atoms with Crippen molar-refractivity contribution in [1.82, 2.24) is 0 Å². The maximum absolute atomic E-state index is 12.4. The van der Waals surface area contributed by atoms with Gasteiger partial charge >= 0.3 is 0 Å². The van der Waals surface area contributed by atoms with Crippen LogP contribution >= 0.6 is 23.2 Å². The Labute approximate surface area is 171 Å². The number of aromatic hydroxyl groups is 1. The molecule has 0 aliphatic carbocycles. The SMILES string of the molecule is Cc1ccccc1C(=O)Nc1ccc(NC(=O)c2ccc(Cl)cc2Cl)cc1O. The van der Waals surface area contributed by atoms with E-state index in [-0.39, 0.29) is 27.9 Å². The fourth-order valence-corrected chi connectivity index (χ4v) is 3.10. The topological polar surface area (TPSA) is 78.4 Å². The number of anilines is 2. The molecule has 0 atom stereocenters. The molecule has 0 spiro atoms. The largest absolute Gasteiger partial charge is 0.506 e. The summed E-state index contributed by atoms with van der Waals surface area (Å²) in [7, 11) is 0. The zero-order valence-corrected chi connectivity index (χ0v) is 16.3. The number of halogens is 2. The molecule has 0 aromatic heterocycles. The molecule has 0 aliphatic heterocycles. The summed E-state index contributed by atoms with van der Waals surface area (Å²) in [6.07, 6.45) is 0. The zero-order chi connectivity index (χ0) is 20.3. The van der Waals surface area contributed by atoms with E-state index < -0.39 is 5.91 Å². The van der Waals surface area contributed by atoms with Crippen LogP contribution in [0.5, 0.6) is 5.75 Å². The van der Waals surface area contributed by atoms with Gasteiger partial charge in [0.05, 0.1) is 16.3 Å². The minimum Gasteiger partial charge on any atom is -0.506 e. The number of phenols is 1. The second-order valence-electron chi connectivity index (χ2n) is 6.08. The van der Waals surface area contributed by atoms with Crippen molar-refractivity contribution in [2.45, 2.75) is 6.92 Å². The highest BCUT2D eigenvalue weighted by atomic mass is 35.5. The highest BCUT2D eigenvalue weighted by Crippen LogP contribution is 2.28. The van der Waals surface area contributed by atoms with Gasteiger partial charge in [-0.2, -0.15) is 0 Å². The molecule has 142 valence electrons. The smallest absolute Gasteiger partial charge is 0.257 e. The van der Waals surface area contributed by atoms with Crippen LogP contribution in [-0.4, -0.2) is 16.9 Å². The van der Waals surface area contributed by atoms with Gasteiger partial charge < -0.3 is 15.7 Å². The number of phenolic OH excluding ortho intramolecular Hbond substituents is 1. The lowest BCUT2D eigenvalue weighted by molar-refractivity contribution is 0.101. The maximum Gasteiger partial charge on any atom is 0.257 e. The molecule has 7 heteroatoms. The monoisotopic (exact) mass is 414 g/mol. The van der Waals surface area contributed by atoms with Crippen molar-refractivity contribution in [2.24, 2.45) is 0 Å². The molecule has 3 rings (SSSR count). The molecule has 0 heterocycles. The van der Waals surface area contributed by atoms with Gasteiger partial charge in [-0.25, -0.2) is 0 Å². The zero-order valence-electron chi connectivity index (χ0n) is 14.8. The van der Waals surface area contributed by atoms with E-state index in [1.807, 2.05) is 19.1 Å². The Morgan fingerprint density at radius 1 is 0.857 bits per heavy atom. The second-order valence-corrected chi connectivity index (χ2v) is 6.92. The summed E-state index contributed by atoms with van der Waals surface area (Å²) < 4.78 is 0. The molecule has 2 amide bonds. The Morgan fingerprint density at radius 2 is 1.57 bits per heavy atom. The molecule has 0 saturated heterocycles. The van der Waals surface area contributed by atoms with Crippen LogP contribution in [0.1, 0.15) is 26.3 Å². The third kappa shape index (κ3) is 4.44. The average Bonchev–Trinajstić information content (AvgIpc) is 2.64. The molecular formula is C21H16Cl2N2O3. The summed E-state index contributed by atoms with van der Waals surface area (Å²) in [6.45, 7) is 1.83. The molecule has 3 aromatic carbocycles. The van der Waals surface area contributed by atoms with Crippen molar-refractivity contribution >= 4 is 46.4 Å². The minimum atomic E-state index is -0.447. The van der Waals surface area contributed by atoms with E-state index in [2.05, 4.69) is 10.6 Å². The lowest BCUT2D eigenvalue weighted by atomic mass is 10.1. The lowest BCUT2D eigenvalue weighted by Crippen LogP contribution is -2.14. The number of rotatable bonds is 4. The predicted octanol–water partition coefficient (Wildman–Crippen LogP) is 5.51. The van der Waals surface area contributed by atoms with Crippen molar-refractivity contribution in [1.29, 1.82) is 0 Å². The molecule has 0 unspecified atom stereocenters. The Balaban J connectivity index is 1.74. The third-order valence-electron chi connectivity index (χ3n) is 4.07. The first-order chi connectivity index (χ1) is 13.3. The molecule has 3 aromatic rings. The van der Waals surface area contributed by atoms with Crippen LogP contribution in [0.4, 0.5) is 11.4 Å². The molecule has 0 bridgehead atoms. The number of aryl methyl sites for hydroxylation is 1. The van der Waals surface area contributed by atoms with E-state index in [1.54, 1.807) is 24.3 Å². The molecule has 0 saturated carbocycles. The highest BCUT2D eigenvalue weighted by molar-refractivity contribution is 6.37. The van der Waals surface area contributed by atoms with Crippen molar-refractivity contribution < 1.29 is 14.7 Å². The number of amides is 2. The van der Waals surface area contributed by atoms with Crippen LogP contribution in [0.2, 0.25) is 10.0 Å². The Kier molecular flexibility index (Phi) is 5.87. The summed E-state index contributed by atoms with van der Waals surface area (Å²) in [6, 6.07) is 16.1. The number of benzene rings is 3. The minimum absolute atomic E-state index is 0.179. The Bertz CT molecular complexity index is 1070. The molecule has 5 nitrogen and oxygen atoms in total. The van der Waals surface area contributed by atoms with Gasteiger partial charge in [-0.3, -0.25) is 9.59 Å². The number of hydrogen-bond acceptors (Lipinski definition) is 3. The third-order valence-corrected chi connectivity index (χ3v) is 4.62. The Morgan fingerprint density at radius 3 is 2.25 bits per heavy atom. The van der Waals surface area contributed by atoms with Crippen LogP contribution in [0.15, 0.2) is 60.7 Å². The average molecular weight is 415 g/mol. The van der Waals surface area contributed by atoms with Crippen molar-refractivity contribution in [3.05, 3.63) is 87.4 Å². The second kappa shape index (κ2) is 8.33. The van der Waals surface area contributed by atoms with Gasteiger partial charge in [-0.15, -0.1) is 0 Å². The fraction of sp³-hybridized carbons (Fsp3) is 0.0476. The molecule has 28 heavy (non-hydrogen) atoms. The van der Waals surface area contributed by atoms with Gasteiger partial charge in [0.25, 0.3) is 11.8 Å². The summed E-state index contributed by atoms with van der Waals surface area (Å²) in [4.78, 5) is 24.7. The van der Waals surface area contributed by atoms with Gasteiger partial charge in [0, 0.05) is 22.3 Å². The van der Waals surface area contributed by atoms with Crippen LogP contribution in [0.3, 0.4) is 0 Å². The van der Waals surface area contributed by atoms with E-state index in [1.165, 1.54) is 24.3 Å². The molecule has 0 radical (unpaired) electrons. The molecule has 3 N–H and O–H groups in total. The summed E-state index contributed by atoms with van der Waals surface area (Å²) in [5, 5.41) is 16.2. The normalized spacial score (nSPS) is 10.4. The standard InChI is InChI=1S/C21H16Cl2N2O3/c1-12-4-2-3-5-15(12)20(27)25-18-9-7-14(11-19(18)26)24-21(28)16-8-6-13(22)10-17(16)23/h2-11,26H,1H3,(H,24,28)(H,25,27). The van der Waals surface area contributed by atoms with Crippen LogP contribution in [0.25, 0.3) is 0 Å². The van der Waals surface area contributed by atoms with Gasteiger partial charge in [-0.05, 0) is 48.9 Å². The van der Waals surface area contributed by atoms with E-state index in [0.29, 0.717) is 16.3 Å². The number of hydrogen-bond donors (Lipinski definition) is 3.